The number of nitrogens with zero attached hydrogens (tertiary/aromatic N) is 1. The Kier molecular flexibility index (Phi) is 6.44. The molecule has 2 aliphatic heterocycles. The van der Waals surface area contributed by atoms with Gasteiger partial charge < -0.3 is 20.9 Å². The molecule has 2 aliphatic rings. The van der Waals surface area contributed by atoms with Gasteiger partial charge in [0.2, 0.25) is 0 Å². The molecule has 0 bridgehead atoms. The third-order valence-electron chi connectivity index (χ3n) is 3.27. The van der Waals surface area contributed by atoms with Crippen molar-refractivity contribution in [2.45, 2.75) is 0 Å². The van der Waals surface area contributed by atoms with Gasteiger partial charge in [0.05, 0.1) is 10.7 Å². The van der Waals surface area contributed by atoms with Crippen LogP contribution >= 0.6 is 11.6 Å². The van der Waals surface area contributed by atoms with E-state index in [-0.39, 0.29) is 0 Å². The Bertz CT molecular complexity index is 351. The van der Waals surface area contributed by atoms with E-state index < -0.39 is 0 Å². The van der Waals surface area contributed by atoms with E-state index in [9.17, 15) is 0 Å². The van der Waals surface area contributed by atoms with Gasteiger partial charge in [-0.25, -0.2) is 0 Å². The van der Waals surface area contributed by atoms with E-state index in [2.05, 4.69) is 26.9 Å². The molecule has 0 atom stereocenters. The molecule has 3 N–H and O–H groups in total. The second kappa shape index (κ2) is 8.38. The maximum atomic E-state index is 6.10. The minimum absolute atomic E-state index is 0.851. The van der Waals surface area contributed by atoms with Gasteiger partial charge in [-0.3, -0.25) is 0 Å². The highest BCUT2D eigenvalue weighted by atomic mass is 35.5. The van der Waals surface area contributed by atoms with Crippen molar-refractivity contribution in [1.29, 1.82) is 0 Å². The summed E-state index contributed by atoms with van der Waals surface area (Å²) in [5.74, 6) is 0. The fourth-order valence-electron chi connectivity index (χ4n) is 2.22. The van der Waals surface area contributed by atoms with Crippen molar-refractivity contribution in [2.24, 2.45) is 0 Å². The number of hydrogen-bond acceptors (Lipinski definition) is 4. The molecule has 0 amide bonds. The average molecular weight is 283 g/mol. The molecule has 106 valence electrons. The average Bonchev–Trinajstić information content (AvgIpc) is 2.51. The first-order chi connectivity index (χ1) is 9.38. The van der Waals surface area contributed by atoms with Gasteiger partial charge >= 0.3 is 0 Å². The highest BCUT2D eigenvalue weighted by molar-refractivity contribution is 6.33. The topological polar surface area (TPSA) is 39.3 Å². The Morgan fingerprint density at radius 1 is 0.789 bits per heavy atom. The Morgan fingerprint density at radius 2 is 1.32 bits per heavy atom. The van der Waals surface area contributed by atoms with Crippen LogP contribution in [0.5, 0.6) is 0 Å². The van der Waals surface area contributed by atoms with Gasteiger partial charge in [-0.2, -0.15) is 0 Å². The third-order valence-corrected chi connectivity index (χ3v) is 3.59. The molecule has 5 heteroatoms. The molecule has 0 spiro atoms. The molecule has 2 fully saturated rings. The molecule has 3 rings (SSSR count). The van der Waals surface area contributed by atoms with E-state index in [1.165, 1.54) is 0 Å². The van der Waals surface area contributed by atoms with Gasteiger partial charge in [0.25, 0.3) is 0 Å². The van der Waals surface area contributed by atoms with E-state index in [0.717, 1.165) is 63.1 Å². The van der Waals surface area contributed by atoms with Crippen LogP contribution < -0.4 is 20.9 Å². The number of para-hydroxylation sites is 1. The van der Waals surface area contributed by atoms with Crippen LogP contribution in [0.15, 0.2) is 24.3 Å². The summed E-state index contributed by atoms with van der Waals surface area (Å²) in [7, 11) is 0. The van der Waals surface area contributed by atoms with Gasteiger partial charge in [0.1, 0.15) is 0 Å². The third kappa shape index (κ3) is 4.99. The molecule has 0 unspecified atom stereocenters. The monoisotopic (exact) mass is 282 g/mol. The number of nitrogens with one attached hydrogen (secondary N) is 3. The number of piperazine rings is 2. The maximum absolute atomic E-state index is 6.10. The lowest BCUT2D eigenvalue weighted by molar-refractivity contribution is 0.534. The van der Waals surface area contributed by atoms with Crippen molar-refractivity contribution in [3.63, 3.8) is 0 Å². The minimum Gasteiger partial charge on any atom is -0.368 e. The molecule has 4 nitrogen and oxygen atoms in total. The molecule has 1 aromatic rings. The fraction of sp³-hybridized carbons (Fsp3) is 0.571. The molecule has 0 saturated carbocycles. The summed E-state index contributed by atoms with van der Waals surface area (Å²) in [6.07, 6.45) is 0. The summed E-state index contributed by atoms with van der Waals surface area (Å²) in [5.41, 5.74) is 1.16. The summed E-state index contributed by atoms with van der Waals surface area (Å²) in [4.78, 5) is 2.32. The number of hydrogen-bond donors (Lipinski definition) is 3. The van der Waals surface area contributed by atoms with Crippen LogP contribution in [0.4, 0.5) is 5.69 Å². The first-order valence-corrected chi connectivity index (χ1v) is 7.37. The zero-order valence-electron chi connectivity index (χ0n) is 11.3. The molecule has 0 aromatic heterocycles. The SMILES string of the molecule is C1CNCCN1.Clc1ccccc1N1CCNCC1. The van der Waals surface area contributed by atoms with Crippen molar-refractivity contribution in [2.75, 3.05) is 57.3 Å². The van der Waals surface area contributed by atoms with E-state index in [4.69, 9.17) is 11.6 Å². The minimum atomic E-state index is 0.851. The van der Waals surface area contributed by atoms with E-state index in [0.29, 0.717) is 0 Å². The summed E-state index contributed by atoms with van der Waals surface area (Å²) < 4.78 is 0. The van der Waals surface area contributed by atoms with Crippen LogP contribution in [-0.2, 0) is 0 Å². The lowest BCUT2D eigenvalue weighted by atomic mass is 10.2. The Morgan fingerprint density at radius 3 is 1.84 bits per heavy atom. The van der Waals surface area contributed by atoms with Crippen molar-refractivity contribution < 1.29 is 0 Å². The molecule has 0 aliphatic carbocycles. The second-order valence-corrected chi connectivity index (χ2v) is 5.10. The van der Waals surface area contributed by atoms with Crippen LogP contribution in [0, 0.1) is 0 Å². The summed E-state index contributed by atoms with van der Waals surface area (Å²) >= 11 is 6.10. The Hall–Kier alpha value is -0.810. The van der Waals surface area contributed by atoms with Gasteiger partial charge in [-0.1, -0.05) is 23.7 Å². The number of halogens is 1. The van der Waals surface area contributed by atoms with Gasteiger partial charge in [0.15, 0.2) is 0 Å². The second-order valence-electron chi connectivity index (χ2n) is 4.69. The van der Waals surface area contributed by atoms with Crippen molar-refractivity contribution >= 4 is 17.3 Å². The fourth-order valence-corrected chi connectivity index (χ4v) is 2.47. The maximum Gasteiger partial charge on any atom is 0.0639 e. The molecule has 19 heavy (non-hydrogen) atoms. The van der Waals surface area contributed by atoms with Crippen LogP contribution in [-0.4, -0.2) is 52.4 Å². The molecule has 0 radical (unpaired) electrons. The zero-order valence-corrected chi connectivity index (χ0v) is 12.0. The predicted octanol–water partition coefficient (Wildman–Crippen LogP) is 0.929. The first-order valence-electron chi connectivity index (χ1n) is 6.99. The van der Waals surface area contributed by atoms with Crippen LogP contribution in [0.2, 0.25) is 5.02 Å². The van der Waals surface area contributed by atoms with Crippen molar-refractivity contribution in [3.8, 4) is 0 Å². The van der Waals surface area contributed by atoms with Crippen molar-refractivity contribution in [3.05, 3.63) is 29.3 Å². The van der Waals surface area contributed by atoms with Gasteiger partial charge in [-0.05, 0) is 12.1 Å². The molecule has 2 saturated heterocycles. The van der Waals surface area contributed by atoms with Gasteiger partial charge in [0, 0.05) is 52.4 Å². The predicted molar refractivity (Wildman–Crippen MR) is 82.3 cm³/mol. The number of benzene rings is 1. The highest BCUT2D eigenvalue weighted by Gasteiger charge is 2.11. The Labute approximate surface area is 120 Å². The summed E-state index contributed by atoms with van der Waals surface area (Å²) in [5, 5.41) is 10.6. The van der Waals surface area contributed by atoms with Gasteiger partial charge in [-0.15, -0.1) is 0 Å². The standard InChI is InChI=1S/C10H13ClN2.C4H10N2/c11-9-3-1-2-4-10(9)13-7-5-12-6-8-13;1-2-6-4-3-5-1/h1-4,12H,5-8H2;5-6H,1-4H2. The van der Waals surface area contributed by atoms with Crippen molar-refractivity contribution in [1.82, 2.24) is 16.0 Å². The number of rotatable bonds is 1. The summed E-state index contributed by atoms with van der Waals surface area (Å²) in [6.45, 7) is 8.74. The quantitative estimate of drug-likeness (QED) is 0.717. The van der Waals surface area contributed by atoms with Crippen LogP contribution in [0.3, 0.4) is 0 Å². The lowest BCUT2D eigenvalue weighted by Crippen LogP contribution is -2.43. The largest absolute Gasteiger partial charge is 0.368 e. The van der Waals surface area contributed by atoms with Crippen LogP contribution in [0.1, 0.15) is 0 Å². The van der Waals surface area contributed by atoms with Crippen LogP contribution in [0.25, 0.3) is 0 Å². The molecular formula is C14H23ClN4. The molecule has 2 heterocycles. The van der Waals surface area contributed by atoms with E-state index in [1.54, 1.807) is 0 Å². The highest BCUT2D eigenvalue weighted by Crippen LogP contribution is 2.24. The lowest BCUT2D eigenvalue weighted by Gasteiger charge is -2.30. The molecular weight excluding hydrogens is 260 g/mol. The number of anilines is 1. The zero-order chi connectivity index (χ0) is 13.3. The Balaban J connectivity index is 0.000000186. The summed E-state index contributed by atoms with van der Waals surface area (Å²) in [6, 6.07) is 8.02. The first kappa shape index (κ1) is 14.6. The molecule has 1 aromatic carbocycles. The smallest absolute Gasteiger partial charge is 0.0639 e. The normalized spacial score (nSPS) is 19.5. The van der Waals surface area contributed by atoms with E-state index >= 15 is 0 Å². The van der Waals surface area contributed by atoms with E-state index in [1.807, 2.05) is 18.2 Å².